The summed E-state index contributed by atoms with van der Waals surface area (Å²) < 4.78 is 33.9. The van der Waals surface area contributed by atoms with E-state index in [1.165, 1.54) is 30.2 Å². The minimum atomic E-state index is -4.04. The molecule has 0 unspecified atom stereocenters. The molecular weight excluding hydrogens is 386 g/mol. The SMILES string of the molecule is COc1ccc(NC(=O)CN2C(=O)CCOc3ccccc32)cc1S(N)(=O)=O. The van der Waals surface area contributed by atoms with E-state index in [-0.39, 0.29) is 41.8 Å². The number of nitrogens with one attached hydrogen (secondary N) is 1. The van der Waals surface area contributed by atoms with Crippen molar-refractivity contribution in [3.05, 3.63) is 42.5 Å². The molecule has 148 valence electrons. The van der Waals surface area contributed by atoms with Gasteiger partial charge in [-0.3, -0.25) is 14.5 Å². The maximum Gasteiger partial charge on any atom is 0.244 e. The Morgan fingerprint density at radius 1 is 1.29 bits per heavy atom. The first-order valence-corrected chi connectivity index (χ1v) is 9.87. The predicted molar refractivity (Wildman–Crippen MR) is 102 cm³/mol. The second kappa shape index (κ2) is 7.87. The number of fused-ring (bicyclic) bond motifs is 1. The smallest absolute Gasteiger partial charge is 0.244 e. The molecule has 2 aromatic carbocycles. The zero-order valence-corrected chi connectivity index (χ0v) is 15.9. The fraction of sp³-hybridized carbons (Fsp3) is 0.222. The summed E-state index contributed by atoms with van der Waals surface area (Å²) in [6, 6.07) is 11.0. The number of carbonyl (C=O) groups excluding carboxylic acids is 2. The van der Waals surface area contributed by atoms with Crippen LogP contribution in [0.25, 0.3) is 0 Å². The number of nitrogens with zero attached hydrogens (tertiary/aromatic N) is 1. The molecule has 0 aromatic heterocycles. The zero-order valence-electron chi connectivity index (χ0n) is 15.0. The Kier molecular flexibility index (Phi) is 5.52. The van der Waals surface area contributed by atoms with Gasteiger partial charge in [0.2, 0.25) is 21.8 Å². The Balaban J connectivity index is 1.82. The number of benzene rings is 2. The minimum Gasteiger partial charge on any atom is -0.495 e. The second-order valence-electron chi connectivity index (χ2n) is 6.00. The maximum atomic E-state index is 12.5. The van der Waals surface area contributed by atoms with E-state index in [0.717, 1.165) is 0 Å². The number of sulfonamides is 1. The molecular formula is C18H19N3O6S. The standard InChI is InChI=1S/C18H19N3O6S/c1-26-15-7-6-12(10-16(15)28(19,24)25)20-17(22)11-21-13-4-2-3-5-14(13)27-9-8-18(21)23/h2-7,10H,8-9,11H2,1H3,(H,20,22)(H2,19,24,25). The average molecular weight is 405 g/mol. The summed E-state index contributed by atoms with van der Waals surface area (Å²) in [6.45, 7) is -0.0277. The first kappa shape index (κ1) is 19.6. The van der Waals surface area contributed by atoms with Crippen LogP contribution in [-0.2, 0) is 19.6 Å². The quantitative estimate of drug-likeness (QED) is 0.767. The Labute approximate surface area is 162 Å². The lowest BCUT2D eigenvalue weighted by Crippen LogP contribution is -2.37. The average Bonchev–Trinajstić information content (AvgIpc) is 2.80. The van der Waals surface area contributed by atoms with Gasteiger partial charge in [0.05, 0.1) is 25.8 Å². The first-order chi connectivity index (χ1) is 13.3. The fourth-order valence-electron chi connectivity index (χ4n) is 2.81. The number of anilines is 2. The predicted octanol–water partition coefficient (Wildman–Crippen LogP) is 1.10. The van der Waals surface area contributed by atoms with Crippen LogP contribution in [0.2, 0.25) is 0 Å². The van der Waals surface area contributed by atoms with Crippen molar-refractivity contribution in [2.75, 3.05) is 30.5 Å². The van der Waals surface area contributed by atoms with Crippen molar-refractivity contribution in [2.24, 2.45) is 5.14 Å². The van der Waals surface area contributed by atoms with Gasteiger partial charge in [-0.05, 0) is 30.3 Å². The number of primary sulfonamides is 1. The molecule has 0 spiro atoms. The van der Waals surface area contributed by atoms with Crippen LogP contribution in [0.4, 0.5) is 11.4 Å². The van der Waals surface area contributed by atoms with E-state index >= 15 is 0 Å². The second-order valence-corrected chi connectivity index (χ2v) is 7.53. The van der Waals surface area contributed by atoms with Crippen LogP contribution >= 0.6 is 0 Å². The largest absolute Gasteiger partial charge is 0.495 e. The normalized spacial score (nSPS) is 13.9. The molecule has 0 atom stereocenters. The highest BCUT2D eigenvalue weighted by Gasteiger charge is 2.25. The van der Waals surface area contributed by atoms with Crippen molar-refractivity contribution in [3.8, 4) is 11.5 Å². The third kappa shape index (κ3) is 4.24. The number of carbonyl (C=O) groups is 2. The Morgan fingerprint density at radius 3 is 2.75 bits per heavy atom. The lowest BCUT2D eigenvalue weighted by Gasteiger charge is -2.21. The molecule has 1 heterocycles. The molecule has 3 N–H and O–H groups in total. The summed E-state index contributed by atoms with van der Waals surface area (Å²) in [7, 11) is -2.73. The number of hydrogen-bond donors (Lipinski definition) is 2. The van der Waals surface area contributed by atoms with E-state index in [9.17, 15) is 18.0 Å². The third-order valence-electron chi connectivity index (χ3n) is 4.09. The number of rotatable bonds is 5. The highest BCUT2D eigenvalue weighted by molar-refractivity contribution is 7.89. The van der Waals surface area contributed by atoms with Gasteiger partial charge in [0.25, 0.3) is 0 Å². The van der Waals surface area contributed by atoms with E-state index in [4.69, 9.17) is 14.6 Å². The first-order valence-electron chi connectivity index (χ1n) is 8.32. The number of ether oxygens (including phenoxy) is 2. The molecule has 0 saturated heterocycles. The summed E-state index contributed by atoms with van der Waals surface area (Å²) in [6.07, 6.45) is 0.139. The van der Waals surface area contributed by atoms with Crippen molar-refractivity contribution in [2.45, 2.75) is 11.3 Å². The summed E-state index contributed by atoms with van der Waals surface area (Å²) in [5.41, 5.74) is 0.710. The molecule has 2 amide bonds. The van der Waals surface area contributed by atoms with Gasteiger partial charge in [-0.2, -0.15) is 0 Å². The number of para-hydroxylation sites is 2. The van der Waals surface area contributed by atoms with Crippen LogP contribution in [0, 0.1) is 0 Å². The third-order valence-corrected chi connectivity index (χ3v) is 5.02. The van der Waals surface area contributed by atoms with Gasteiger partial charge in [-0.15, -0.1) is 0 Å². The molecule has 1 aliphatic rings. The molecule has 2 aromatic rings. The van der Waals surface area contributed by atoms with Gasteiger partial charge in [-0.25, -0.2) is 13.6 Å². The molecule has 3 rings (SSSR count). The molecule has 9 nitrogen and oxygen atoms in total. The monoisotopic (exact) mass is 405 g/mol. The highest BCUT2D eigenvalue weighted by Crippen LogP contribution is 2.31. The molecule has 0 radical (unpaired) electrons. The Bertz CT molecular complexity index is 1020. The molecule has 1 aliphatic heterocycles. The Morgan fingerprint density at radius 2 is 2.04 bits per heavy atom. The van der Waals surface area contributed by atoms with E-state index < -0.39 is 15.9 Å². The lowest BCUT2D eigenvalue weighted by molar-refractivity contribution is -0.121. The van der Waals surface area contributed by atoms with Gasteiger partial charge in [-0.1, -0.05) is 12.1 Å². The van der Waals surface area contributed by atoms with Crippen LogP contribution < -0.4 is 24.8 Å². The summed E-state index contributed by atoms with van der Waals surface area (Å²) in [5, 5.41) is 7.76. The number of amides is 2. The van der Waals surface area contributed by atoms with Crippen molar-refractivity contribution >= 4 is 33.2 Å². The van der Waals surface area contributed by atoms with Crippen LogP contribution in [0.5, 0.6) is 11.5 Å². The Hall–Kier alpha value is -3.11. The summed E-state index contributed by atoms with van der Waals surface area (Å²) in [4.78, 5) is 26.0. The number of nitrogens with two attached hydrogens (primary N) is 1. The van der Waals surface area contributed by atoms with E-state index in [2.05, 4.69) is 5.32 Å². The van der Waals surface area contributed by atoms with E-state index in [0.29, 0.717) is 11.4 Å². The molecule has 0 fully saturated rings. The molecule has 0 bridgehead atoms. The van der Waals surface area contributed by atoms with E-state index in [1.807, 2.05) is 0 Å². The van der Waals surface area contributed by atoms with Crippen molar-refractivity contribution in [3.63, 3.8) is 0 Å². The van der Waals surface area contributed by atoms with E-state index in [1.54, 1.807) is 24.3 Å². The van der Waals surface area contributed by atoms with Gasteiger partial charge < -0.3 is 14.8 Å². The van der Waals surface area contributed by atoms with Crippen LogP contribution in [0.1, 0.15) is 6.42 Å². The zero-order chi connectivity index (χ0) is 20.3. The molecule has 0 aliphatic carbocycles. The lowest BCUT2D eigenvalue weighted by atomic mass is 10.2. The van der Waals surface area contributed by atoms with Crippen LogP contribution in [0.3, 0.4) is 0 Å². The molecule has 0 saturated carbocycles. The highest BCUT2D eigenvalue weighted by atomic mass is 32.2. The summed E-state index contributed by atoms with van der Waals surface area (Å²) >= 11 is 0. The van der Waals surface area contributed by atoms with Gasteiger partial charge in [0, 0.05) is 5.69 Å². The van der Waals surface area contributed by atoms with Crippen molar-refractivity contribution in [1.29, 1.82) is 0 Å². The van der Waals surface area contributed by atoms with Crippen molar-refractivity contribution < 1.29 is 27.5 Å². The molecule has 10 heteroatoms. The van der Waals surface area contributed by atoms with Crippen molar-refractivity contribution in [1.82, 2.24) is 0 Å². The van der Waals surface area contributed by atoms with Crippen LogP contribution in [0.15, 0.2) is 47.4 Å². The fourth-order valence-corrected chi connectivity index (χ4v) is 3.54. The summed E-state index contributed by atoms with van der Waals surface area (Å²) in [5.74, 6) is -0.174. The maximum absolute atomic E-state index is 12.5. The topological polar surface area (TPSA) is 128 Å². The minimum absolute atomic E-state index is 0.0641. The molecule has 28 heavy (non-hydrogen) atoms. The van der Waals surface area contributed by atoms with Gasteiger partial charge in [0.15, 0.2) is 0 Å². The van der Waals surface area contributed by atoms with Crippen LogP contribution in [-0.4, -0.2) is 40.5 Å². The van der Waals surface area contributed by atoms with Gasteiger partial charge in [0.1, 0.15) is 22.9 Å². The number of hydrogen-bond acceptors (Lipinski definition) is 6. The van der Waals surface area contributed by atoms with Gasteiger partial charge >= 0.3 is 0 Å². The number of methoxy groups -OCH3 is 1.